The molecule has 0 unspecified atom stereocenters. The third kappa shape index (κ3) is 12.1. The van der Waals surface area contributed by atoms with E-state index in [0.717, 1.165) is 4.90 Å². The van der Waals surface area contributed by atoms with Crippen LogP contribution in [0.2, 0.25) is 0 Å². The summed E-state index contributed by atoms with van der Waals surface area (Å²) in [5.74, 6) is -3.34. The number of benzene rings is 1. The van der Waals surface area contributed by atoms with Gasteiger partial charge in [-0.2, -0.15) is 0 Å². The average molecular weight is 721 g/mol. The summed E-state index contributed by atoms with van der Waals surface area (Å²) in [6, 6.07) is 4.37. The van der Waals surface area contributed by atoms with Gasteiger partial charge in [-0.15, -0.1) is 0 Å². The number of ketones is 1. The second-order valence-electron chi connectivity index (χ2n) is 13.6. The number of nitrogens with zero attached hydrogens (tertiary/aromatic N) is 1. The molecule has 1 saturated heterocycles. The first kappa shape index (κ1) is 41.0. The van der Waals surface area contributed by atoms with Crippen molar-refractivity contribution < 1.29 is 68.1 Å². The topological polar surface area (TPSA) is 236 Å². The van der Waals surface area contributed by atoms with Crippen LogP contribution in [0.5, 0.6) is 11.5 Å². The number of Topliss-reactive ketones (excluding diaryl/α,β-unsaturated/α-hetero) is 1. The van der Waals surface area contributed by atoms with Crippen molar-refractivity contribution in [1.29, 1.82) is 0 Å². The number of aliphatic carboxylic acids is 1. The van der Waals surface area contributed by atoms with Gasteiger partial charge >= 0.3 is 11.9 Å². The molecular formula is C35H48N2O14. The smallest absolute Gasteiger partial charge is 0.335 e. The Labute approximate surface area is 295 Å². The summed E-state index contributed by atoms with van der Waals surface area (Å²) in [4.78, 5) is 73.2. The van der Waals surface area contributed by atoms with Crippen LogP contribution in [0, 0.1) is 11.3 Å². The molecule has 2 heterocycles. The number of aliphatic hydroxyl groups excluding tert-OH is 3. The zero-order valence-corrected chi connectivity index (χ0v) is 29.2. The molecule has 5 N–H and O–H groups in total. The van der Waals surface area contributed by atoms with Gasteiger partial charge < -0.3 is 44.7 Å². The number of carboxylic acid groups (broad SMARTS) is 1. The number of carbonyl (C=O) groups excluding carboxylic acids is 5. The molecule has 3 amide bonds. The van der Waals surface area contributed by atoms with Gasteiger partial charge in [0.1, 0.15) is 42.2 Å². The van der Waals surface area contributed by atoms with Crippen molar-refractivity contribution in [2.45, 2.75) is 104 Å². The number of ether oxygens (including phenoxy) is 4. The van der Waals surface area contributed by atoms with Crippen LogP contribution in [0.3, 0.4) is 0 Å². The number of hydrogen-bond acceptors (Lipinski definition) is 13. The fourth-order valence-corrected chi connectivity index (χ4v) is 5.10. The van der Waals surface area contributed by atoms with Gasteiger partial charge in [-0.1, -0.05) is 13.3 Å². The van der Waals surface area contributed by atoms with E-state index in [0.29, 0.717) is 37.8 Å². The van der Waals surface area contributed by atoms with Crippen LogP contribution in [-0.2, 0) is 44.8 Å². The first-order valence-corrected chi connectivity index (χ1v) is 16.8. The van der Waals surface area contributed by atoms with Crippen molar-refractivity contribution >= 4 is 35.4 Å². The zero-order valence-electron chi connectivity index (χ0n) is 29.2. The van der Waals surface area contributed by atoms with Crippen molar-refractivity contribution in [3.63, 3.8) is 0 Å². The first-order chi connectivity index (χ1) is 24.0. The molecule has 2 aliphatic rings. The molecule has 1 aromatic carbocycles. The molecule has 51 heavy (non-hydrogen) atoms. The minimum atomic E-state index is -1.89. The Hall–Kier alpha value is -4.38. The number of unbranched alkanes of at least 4 members (excludes halogenated alkanes) is 2. The highest BCUT2D eigenvalue weighted by molar-refractivity contribution is 6.12. The van der Waals surface area contributed by atoms with Crippen molar-refractivity contribution in [3.05, 3.63) is 35.9 Å². The maximum absolute atomic E-state index is 12.6. The van der Waals surface area contributed by atoms with Gasteiger partial charge in [0.05, 0.1) is 12.0 Å². The molecule has 1 aromatic rings. The summed E-state index contributed by atoms with van der Waals surface area (Å²) in [5.41, 5.74) is -0.309. The SMILES string of the molecule is C[C@H](CC(=O)CCCCCN1C(=O)C=CC1=O)C(=O)NCCCOc1cc(O[C@@H]2O[C@H](C(=O)O)[C@@H](O)[C@H](O)[C@@H]2O)ccc1COC(=O)C(C)(C)C. The molecule has 1 fully saturated rings. The number of rotatable bonds is 19. The predicted molar refractivity (Wildman–Crippen MR) is 177 cm³/mol. The van der Waals surface area contributed by atoms with E-state index in [-0.39, 0.29) is 67.6 Å². The fourth-order valence-electron chi connectivity index (χ4n) is 5.10. The van der Waals surface area contributed by atoms with Crippen molar-refractivity contribution in [1.82, 2.24) is 10.2 Å². The normalized spacial score (nSPS) is 22.4. The van der Waals surface area contributed by atoms with E-state index in [1.54, 1.807) is 27.7 Å². The van der Waals surface area contributed by atoms with Crippen LogP contribution in [0.1, 0.15) is 71.8 Å². The number of carbonyl (C=O) groups is 6. The molecule has 0 bridgehead atoms. The van der Waals surface area contributed by atoms with E-state index in [4.69, 9.17) is 18.9 Å². The fraction of sp³-hybridized carbons (Fsp3) is 0.600. The Morgan fingerprint density at radius 1 is 0.961 bits per heavy atom. The molecule has 2 aliphatic heterocycles. The van der Waals surface area contributed by atoms with E-state index in [1.165, 1.54) is 30.4 Å². The average Bonchev–Trinajstić information content (AvgIpc) is 3.39. The maximum atomic E-state index is 12.6. The molecule has 6 atom stereocenters. The van der Waals surface area contributed by atoms with E-state index in [2.05, 4.69) is 5.32 Å². The largest absolute Gasteiger partial charge is 0.493 e. The lowest BCUT2D eigenvalue weighted by Crippen LogP contribution is -2.61. The van der Waals surface area contributed by atoms with Crippen LogP contribution in [0.25, 0.3) is 0 Å². The second kappa shape index (κ2) is 18.7. The molecule has 16 heteroatoms. The van der Waals surface area contributed by atoms with Gasteiger partial charge in [-0.3, -0.25) is 28.9 Å². The van der Waals surface area contributed by atoms with Crippen LogP contribution in [0.15, 0.2) is 30.4 Å². The van der Waals surface area contributed by atoms with Gasteiger partial charge in [-0.25, -0.2) is 4.79 Å². The van der Waals surface area contributed by atoms with Crippen molar-refractivity contribution in [2.75, 3.05) is 19.7 Å². The van der Waals surface area contributed by atoms with Crippen LogP contribution >= 0.6 is 0 Å². The molecule has 0 aliphatic carbocycles. The molecule has 3 rings (SSSR count). The Bertz CT molecular complexity index is 1440. The Kier molecular flexibility index (Phi) is 15.1. The first-order valence-electron chi connectivity index (χ1n) is 16.8. The predicted octanol–water partition coefficient (Wildman–Crippen LogP) is 1.01. The highest BCUT2D eigenvalue weighted by Crippen LogP contribution is 2.30. The number of aliphatic hydroxyl groups is 3. The molecule has 16 nitrogen and oxygen atoms in total. The zero-order chi connectivity index (χ0) is 37.9. The van der Waals surface area contributed by atoms with Crippen molar-refractivity contribution in [2.24, 2.45) is 11.3 Å². The van der Waals surface area contributed by atoms with E-state index < -0.39 is 54.0 Å². The van der Waals surface area contributed by atoms with Gasteiger partial charge in [0.15, 0.2) is 6.10 Å². The van der Waals surface area contributed by atoms with Gasteiger partial charge in [0.2, 0.25) is 12.2 Å². The Morgan fingerprint density at radius 3 is 2.29 bits per heavy atom. The molecule has 0 saturated carbocycles. The minimum Gasteiger partial charge on any atom is -0.493 e. The summed E-state index contributed by atoms with van der Waals surface area (Å²) in [6.07, 6.45) is -4.02. The van der Waals surface area contributed by atoms with E-state index in [1.807, 2.05) is 0 Å². The number of carboxylic acids is 1. The minimum absolute atomic E-state index is 0.0496. The van der Waals surface area contributed by atoms with Crippen LogP contribution in [-0.4, -0.2) is 111 Å². The second-order valence-corrected chi connectivity index (χ2v) is 13.6. The summed E-state index contributed by atoms with van der Waals surface area (Å²) in [7, 11) is 0. The number of esters is 1. The highest BCUT2D eigenvalue weighted by Gasteiger charge is 2.48. The summed E-state index contributed by atoms with van der Waals surface area (Å²) < 4.78 is 22.1. The molecule has 0 radical (unpaired) electrons. The number of hydrogen-bond donors (Lipinski definition) is 5. The highest BCUT2D eigenvalue weighted by atomic mass is 16.7. The molecular weight excluding hydrogens is 672 g/mol. The maximum Gasteiger partial charge on any atom is 0.335 e. The standard InChI is InChI=1S/C35H48N2O14/c1-20(17-22(38)9-6-5-7-15-37-25(39)12-13-26(37)40)31(44)36-14-8-16-48-24-18-23(11-10-21(24)19-49-34(47)35(2,3)4)50-33-29(43)27(41)28(42)30(51-33)32(45)46/h10-13,18,20,27-30,33,41-43H,5-9,14-17,19H2,1-4H3,(H,36,44)(H,45,46)/t20-,27+,28+,29+,30+,33-/m1/s1. The van der Waals surface area contributed by atoms with Gasteiger partial charge in [0, 0.05) is 55.6 Å². The third-order valence-corrected chi connectivity index (χ3v) is 8.17. The van der Waals surface area contributed by atoms with Crippen molar-refractivity contribution in [3.8, 4) is 11.5 Å². The monoisotopic (exact) mass is 720 g/mol. The Balaban J connectivity index is 1.48. The summed E-state index contributed by atoms with van der Waals surface area (Å²) in [6.45, 7) is 7.22. The molecule has 282 valence electrons. The summed E-state index contributed by atoms with van der Waals surface area (Å²) >= 11 is 0. The lowest BCUT2D eigenvalue weighted by atomic mass is 9.97. The number of amides is 3. The van der Waals surface area contributed by atoms with Crippen LogP contribution < -0.4 is 14.8 Å². The van der Waals surface area contributed by atoms with E-state index in [9.17, 15) is 49.2 Å². The Morgan fingerprint density at radius 2 is 1.65 bits per heavy atom. The van der Waals surface area contributed by atoms with Crippen LogP contribution in [0.4, 0.5) is 0 Å². The van der Waals surface area contributed by atoms with Gasteiger partial charge in [-0.05, 0) is 52.2 Å². The number of nitrogens with one attached hydrogen (secondary N) is 1. The lowest BCUT2D eigenvalue weighted by Gasteiger charge is -2.38. The van der Waals surface area contributed by atoms with E-state index >= 15 is 0 Å². The third-order valence-electron chi connectivity index (χ3n) is 8.17. The quantitative estimate of drug-likeness (QED) is 0.0763. The van der Waals surface area contributed by atoms with Gasteiger partial charge in [0.25, 0.3) is 11.8 Å². The molecule has 0 aromatic heterocycles. The molecule has 0 spiro atoms. The number of imide groups is 1. The summed E-state index contributed by atoms with van der Waals surface area (Å²) in [5, 5.41) is 42.5. The lowest BCUT2D eigenvalue weighted by molar-refractivity contribution is -0.271.